The van der Waals surface area contributed by atoms with Gasteiger partial charge in [0.2, 0.25) is 5.89 Å². The molecule has 0 unspecified atom stereocenters. The van der Waals surface area contributed by atoms with Crippen LogP contribution >= 0.6 is 0 Å². The van der Waals surface area contributed by atoms with Crippen LogP contribution in [0.5, 0.6) is 0 Å². The summed E-state index contributed by atoms with van der Waals surface area (Å²) in [5.74, 6) is 2.46. The van der Waals surface area contributed by atoms with E-state index in [1.807, 2.05) is 97.1 Å². The third kappa shape index (κ3) is 5.61. The van der Waals surface area contributed by atoms with E-state index in [4.69, 9.17) is 24.4 Å². The van der Waals surface area contributed by atoms with Crippen molar-refractivity contribution in [2.24, 2.45) is 0 Å². The van der Waals surface area contributed by atoms with Crippen molar-refractivity contribution in [3.63, 3.8) is 0 Å². The van der Waals surface area contributed by atoms with E-state index in [2.05, 4.69) is 84.9 Å². The Kier molecular flexibility index (Phi) is 7.40. The Labute approximate surface area is 305 Å². The lowest BCUT2D eigenvalue weighted by Gasteiger charge is -2.17. The molecule has 0 saturated carbocycles. The standard InChI is InChI=1S/C48H30N4O/c1-4-14-31(15-5-1)45-50-46(32-16-6-2-7-17-32)52-47(51-45)36-24-26-38(35-25-27-43-44(30-35)53-48(49-43)33-18-8-3-9-19-33)41(29-36)42-28-34-20-10-11-21-37(34)39-22-12-13-23-40(39)42/h1-30H. The molecule has 10 rings (SSSR count). The number of rotatable bonds is 6. The predicted molar refractivity (Wildman–Crippen MR) is 215 cm³/mol. The summed E-state index contributed by atoms with van der Waals surface area (Å²) in [5, 5.41) is 4.77. The fourth-order valence-electron chi connectivity index (χ4n) is 7.17. The molecule has 0 aliphatic heterocycles. The predicted octanol–water partition coefficient (Wildman–Crippen LogP) is 12.3. The largest absolute Gasteiger partial charge is 0.436 e. The molecule has 0 bridgehead atoms. The molecular weight excluding hydrogens is 649 g/mol. The molecule has 0 fully saturated rings. The summed E-state index contributed by atoms with van der Waals surface area (Å²) >= 11 is 0. The van der Waals surface area contributed by atoms with Crippen LogP contribution < -0.4 is 0 Å². The van der Waals surface area contributed by atoms with Crippen LogP contribution in [0.3, 0.4) is 0 Å². The van der Waals surface area contributed by atoms with Crippen molar-refractivity contribution in [1.82, 2.24) is 19.9 Å². The fraction of sp³-hybridized carbons (Fsp3) is 0. The number of benzene rings is 8. The molecule has 0 amide bonds. The van der Waals surface area contributed by atoms with E-state index >= 15 is 0 Å². The monoisotopic (exact) mass is 678 g/mol. The smallest absolute Gasteiger partial charge is 0.227 e. The third-order valence-corrected chi connectivity index (χ3v) is 9.76. The Morgan fingerprint density at radius 2 is 0.868 bits per heavy atom. The maximum absolute atomic E-state index is 6.36. The Balaban J connectivity index is 1.21. The lowest BCUT2D eigenvalue weighted by atomic mass is 9.88. The quantitative estimate of drug-likeness (QED) is 0.164. The van der Waals surface area contributed by atoms with Crippen molar-refractivity contribution in [3.05, 3.63) is 182 Å². The van der Waals surface area contributed by atoms with E-state index < -0.39 is 0 Å². The average molecular weight is 679 g/mol. The van der Waals surface area contributed by atoms with Crippen LogP contribution in [0, 0.1) is 0 Å². The summed E-state index contributed by atoms with van der Waals surface area (Å²) in [6, 6.07) is 62.5. The third-order valence-electron chi connectivity index (χ3n) is 9.76. The van der Waals surface area contributed by atoms with E-state index in [0.29, 0.717) is 23.4 Å². The van der Waals surface area contributed by atoms with Crippen molar-refractivity contribution in [2.75, 3.05) is 0 Å². The normalized spacial score (nSPS) is 11.4. The van der Waals surface area contributed by atoms with Gasteiger partial charge in [0.05, 0.1) is 0 Å². The van der Waals surface area contributed by atoms with Crippen molar-refractivity contribution < 1.29 is 4.42 Å². The molecule has 10 aromatic rings. The lowest BCUT2D eigenvalue weighted by Crippen LogP contribution is -2.00. The second-order valence-corrected chi connectivity index (χ2v) is 13.1. The molecule has 0 atom stereocenters. The first-order chi connectivity index (χ1) is 26.2. The average Bonchev–Trinajstić information content (AvgIpc) is 3.68. The van der Waals surface area contributed by atoms with Gasteiger partial charge in [-0.3, -0.25) is 0 Å². The maximum atomic E-state index is 6.36. The molecule has 2 aromatic heterocycles. The van der Waals surface area contributed by atoms with Crippen molar-refractivity contribution >= 4 is 32.6 Å². The van der Waals surface area contributed by atoms with Crippen molar-refractivity contribution in [1.29, 1.82) is 0 Å². The highest BCUT2D eigenvalue weighted by Gasteiger charge is 2.19. The van der Waals surface area contributed by atoms with E-state index in [1.165, 1.54) is 21.5 Å². The topological polar surface area (TPSA) is 64.7 Å². The van der Waals surface area contributed by atoms with E-state index in [0.717, 1.165) is 55.6 Å². The minimum atomic E-state index is 0.604. The van der Waals surface area contributed by atoms with Gasteiger partial charge in [-0.1, -0.05) is 146 Å². The molecule has 2 heterocycles. The number of aromatic nitrogens is 4. The molecule has 5 nitrogen and oxygen atoms in total. The van der Waals surface area contributed by atoms with Crippen LogP contribution in [0.2, 0.25) is 0 Å². The highest BCUT2D eigenvalue weighted by molar-refractivity contribution is 6.15. The first-order valence-corrected chi connectivity index (χ1v) is 17.6. The summed E-state index contributed by atoms with van der Waals surface area (Å²) in [4.78, 5) is 19.9. The van der Waals surface area contributed by atoms with Gasteiger partial charge >= 0.3 is 0 Å². The molecule has 8 aromatic carbocycles. The first kappa shape index (κ1) is 30.6. The van der Waals surface area contributed by atoms with Crippen LogP contribution in [-0.4, -0.2) is 19.9 Å². The maximum Gasteiger partial charge on any atom is 0.227 e. The van der Waals surface area contributed by atoms with Gasteiger partial charge < -0.3 is 4.42 Å². The minimum Gasteiger partial charge on any atom is -0.436 e. The minimum absolute atomic E-state index is 0.604. The molecule has 0 aliphatic carbocycles. The van der Waals surface area contributed by atoms with Gasteiger partial charge in [0.1, 0.15) is 5.52 Å². The SMILES string of the molecule is c1ccc(-c2nc(-c3ccccc3)nc(-c3ccc(-c4ccc5nc(-c6ccccc6)oc5c4)c(-c4cc5ccccc5c5ccccc45)c3)n2)cc1. The number of hydrogen-bond donors (Lipinski definition) is 0. The molecule has 0 radical (unpaired) electrons. The fourth-order valence-corrected chi connectivity index (χ4v) is 7.17. The summed E-state index contributed by atoms with van der Waals surface area (Å²) in [7, 11) is 0. The zero-order valence-corrected chi connectivity index (χ0v) is 28.5. The molecule has 248 valence electrons. The van der Waals surface area contributed by atoms with Crippen LogP contribution in [0.4, 0.5) is 0 Å². The van der Waals surface area contributed by atoms with Crippen LogP contribution in [-0.2, 0) is 0 Å². The Morgan fingerprint density at radius 1 is 0.321 bits per heavy atom. The Morgan fingerprint density at radius 3 is 1.55 bits per heavy atom. The first-order valence-electron chi connectivity index (χ1n) is 17.6. The van der Waals surface area contributed by atoms with Gasteiger partial charge in [0.15, 0.2) is 23.1 Å². The number of oxazole rings is 1. The molecular formula is C48H30N4O. The van der Waals surface area contributed by atoms with Crippen molar-refractivity contribution in [2.45, 2.75) is 0 Å². The zero-order valence-electron chi connectivity index (χ0n) is 28.5. The van der Waals surface area contributed by atoms with Gasteiger partial charge in [-0.25, -0.2) is 19.9 Å². The lowest BCUT2D eigenvalue weighted by molar-refractivity contribution is 0.620. The highest BCUT2D eigenvalue weighted by Crippen LogP contribution is 2.42. The van der Waals surface area contributed by atoms with Crippen LogP contribution in [0.25, 0.3) is 101 Å². The van der Waals surface area contributed by atoms with Gasteiger partial charge in [-0.05, 0) is 80.2 Å². The summed E-state index contributed by atoms with van der Waals surface area (Å²) in [5.41, 5.74) is 9.53. The van der Waals surface area contributed by atoms with E-state index in [-0.39, 0.29) is 0 Å². The second kappa shape index (κ2) is 12.8. The van der Waals surface area contributed by atoms with Crippen LogP contribution in [0.1, 0.15) is 0 Å². The van der Waals surface area contributed by atoms with Gasteiger partial charge in [-0.15, -0.1) is 0 Å². The number of fused-ring (bicyclic) bond motifs is 4. The molecule has 0 N–H and O–H groups in total. The second-order valence-electron chi connectivity index (χ2n) is 13.1. The highest BCUT2D eigenvalue weighted by atomic mass is 16.3. The van der Waals surface area contributed by atoms with Gasteiger partial charge in [-0.2, -0.15) is 0 Å². The van der Waals surface area contributed by atoms with Gasteiger partial charge in [0, 0.05) is 22.3 Å². The number of hydrogen-bond acceptors (Lipinski definition) is 5. The molecule has 5 heteroatoms. The van der Waals surface area contributed by atoms with Crippen LogP contribution in [0.15, 0.2) is 186 Å². The summed E-state index contributed by atoms with van der Waals surface area (Å²) in [6.07, 6.45) is 0. The summed E-state index contributed by atoms with van der Waals surface area (Å²) < 4.78 is 6.36. The van der Waals surface area contributed by atoms with E-state index in [1.54, 1.807) is 0 Å². The Bertz CT molecular complexity index is 2880. The number of nitrogens with zero attached hydrogens (tertiary/aromatic N) is 4. The molecule has 53 heavy (non-hydrogen) atoms. The van der Waals surface area contributed by atoms with Gasteiger partial charge in [0.25, 0.3) is 0 Å². The Hall–Kier alpha value is -7.24. The molecule has 0 saturated heterocycles. The zero-order chi connectivity index (χ0) is 35.1. The summed E-state index contributed by atoms with van der Waals surface area (Å²) in [6.45, 7) is 0. The molecule has 0 spiro atoms. The van der Waals surface area contributed by atoms with Crippen molar-refractivity contribution in [3.8, 4) is 67.9 Å². The van der Waals surface area contributed by atoms with E-state index in [9.17, 15) is 0 Å². The molecule has 0 aliphatic rings.